The normalized spacial score (nSPS) is 26.2. The van der Waals surface area contributed by atoms with E-state index < -0.39 is 29.5 Å². The van der Waals surface area contributed by atoms with Crippen LogP contribution in [0.15, 0.2) is 18.2 Å². The van der Waals surface area contributed by atoms with Crippen LogP contribution in [-0.2, 0) is 5.72 Å². The Labute approximate surface area is 117 Å². The minimum Gasteiger partial charge on any atom is -0.360 e. The van der Waals surface area contributed by atoms with Crippen molar-refractivity contribution in [2.45, 2.75) is 30.8 Å². The first-order valence-corrected chi connectivity index (χ1v) is 6.32. The molecule has 2 aliphatic rings. The van der Waals surface area contributed by atoms with Crippen LogP contribution >= 0.6 is 11.6 Å². The van der Waals surface area contributed by atoms with Gasteiger partial charge >= 0.3 is 12.2 Å². The van der Waals surface area contributed by atoms with E-state index in [0.717, 1.165) is 6.07 Å². The van der Waals surface area contributed by atoms with Gasteiger partial charge in [0, 0.05) is 16.6 Å². The number of halogens is 4. The van der Waals surface area contributed by atoms with Gasteiger partial charge in [-0.1, -0.05) is 11.6 Å². The predicted octanol–water partition coefficient (Wildman–Crippen LogP) is 3.06. The Morgan fingerprint density at radius 2 is 2.05 bits per heavy atom. The second kappa shape index (κ2) is 4.02. The smallest absolute Gasteiger partial charge is 0.360 e. The van der Waals surface area contributed by atoms with Gasteiger partial charge in [0.2, 0.25) is 0 Å². The number of aliphatic hydroxyl groups is 1. The fourth-order valence-corrected chi connectivity index (χ4v) is 2.59. The standard InChI is InChI=1S/C12H10ClF3N2O2/c13-6-1-4-9-8(5-6)11(20,12(14,15)16)18(7-2-3-7)10(19)17-9/h1,4-5,7,20H,2-3H2,(H,17,19). The van der Waals surface area contributed by atoms with E-state index in [1.807, 2.05) is 0 Å². The quantitative estimate of drug-likeness (QED) is 0.838. The largest absolute Gasteiger partial charge is 0.441 e. The van der Waals surface area contributed by atoms with Crippen molar-refractivity contribution in [2.24, 2.45) is 0 Å². The second-order valence-corrected chi connectivity index (χ2v) is 5.33. The Hall–Kier alpha value is -1.47. The van der Waals surface area contributed by atoms with Crippen molar-refractivity contribution >= 4 is 23.3 Å². The number of hydrogen-bond acceptors (Lipinski definition) is 2. The molecule has 3 rings (SSSR count). The number of rotatable bonds is 1. The molecular formula is C12H10ClF3N2O2. The number of alkyl halides is 3. The van der Waals surface area contributed by atoms with E-state index in [2.05, 4.69) is 5.32 Å². The zero-order valence-corrected chi connectivity index (χ0v) is 10.8. The first kappa shape index (κ1) is 13.5. The van der Waals surface area contributed by atoms with Crippen LogP contribution in [0.5, 0.6) is 0 Å². The average molecular weight is 307 g/mol. The molecule has 0 saturated heterocycles. The van der Waals surface area contributed by atoms with E-state index in [1.54, 1.807) is 0 Å². The summed E-state index contributed by atoms with van der Waals surface area (Å²) in [7, 11) is 0. The number of hydrogen-bond donors (Lipinski definition) is 2. The lowest BCUT2D eigenvalue weighted by Crippen LogP contribution is -2.62. The van der Waals surface area contributed by atoms with Crippen LogP contribution in [0.1, 0.15) is 18.4 Å². The molecule has 1 aromatic carbocycles. The van der Waals surface area contributed by atoms with Crippen molar-refractivity contribution in [3.63, 3.8) is 0 Å². The van der Waals surface area contributed by atoms with Gasteiger partial charge in [0.25, 0.3) is 5.72 Å². The van der Waals surface area contributed by atoms with Gasteiger partial charge < -0.3 is 10.4 Å². The lowest BCUT2D eigenvalue weighted by atomic mass is 9.95. The van der Waals surface area contributed by atoms with Gasteiger partial charge in [0.1, 0.15) is 0 Å². The minimum absolute atomic E-state index is 0.0540. The molecule has 0 radical (unpaired) electrons. The molecule has 0 bridgehead atoms. The van der Waals surface area contributed by atoms with Gasteiger partial charge in [-0.25, -0.2) is 4.79 Å². The van der Waals surface area contributed by atoms with Crippen LogP contribution < -0.4 is 5.32 Å². The maximum atomic E-state index is 13.4. The fourth-order valence-electron chi connectivity index (χ4n) is 2.42. The molecule has 0 aromatic heterocycles. The summed E-state index contributed by atoms with van der Waals surface area (Å²) >= 11 is 5.72. The van der Waals surface area contributed by atoms with Crippen LogP contribution in [0.3, 0.4) is 0 Å². The van der Waals surface area contributed by atoms with Crippen LogP contribution in [0.2, 0.25) is 5.02 Å². The van der Waals surface area contributed by atoms with Gasteiger partial charge in [0.05, 0.1) is 5.69 Å². The summed E-state index contributed by atoms with van der Waals surface area (Å²) < 4.78 is 40.3. The molecule has 20 heavy (non-hydrogen) atoms. The van der Waals surface area contributed by atoms with E-state index in [0.29, 0.717) is 17.7 Å². The molecule has 1 aliphatic heterocycles. The molecule has 8 heteroatoms. The summed E-state index contributed by atoms with van der Waals surface area (Å²) in [5.41, 5.74) is -3.89. The number of urea groups is 1. The highest BCUT2D eigenvalue weighted by atomic mass is 35.5. The van der Waals surface area contributed by atoms with Crippen molar-refractivity contribution in [1.29, 1.82) is 0 Å². The minimum atomic E-state index is -5.02. The highest BCUT2D eigenvalue weighted by molar-refractivity contribution is 6.30. The molecule has 1 atom stereocenters. The molecule has 4 nitrogen and oxygen atoms in total. The Bertz CT molecular complexity index is 589. The molecule has 1 aromatic rings. The SMILES string of the molecule is O=C1Nc2ccc(Cl)cc2C(O)(C(F)(F)F)N1C1CC1. The Morgan fingerprint density at radius 1 is 1.40 bits per heavy atom. The lowest BCUT2D eigenvalue weighted by molar-refractivity contribution is -0.315. The number of amides is 2. The highest BCUT2D eigenvalue weighted by Crippen LogP contribution is 2.51. The van der Waals surface area contributed by atoms with Gasteiger partial charge in [-0.05, 0) is 31.0 Å². The monoisotopic (exact) mass is 306 g/mol. The first-order valence-electron chi connectivity index (χ1n) is 5.94. The van der Waals surface area contributed by atoms with Crippen molar-refractivity contribution < 1.29 is 23.1 Å². The molecule has 1 heterocycles. The third kappa shape index (κ3) is 1.76. The molecule has 2 N–H and O–H groups in total. The second-order valence-electron chi connectivity index (χ2n) is 4.89. The number of fused-ring (bicyclic) bond motifs is 1. The lowest BCUT2D eigenvalue weighted by Gasteiger charge is -2.45. The molecule has 0 spiro atoms. The molecular weight excluding hydrogens is 297 g/mol. The van der Waals surface area contributed by atoms with Crippen molar-refractivity contribution in [2.75, 3.05) is 5.32 Å². The summed E-state index contributed by atoms with van der Waals surface area (Å²) in [6.45, 7) is 0. The van der Waals surface area contributed by atoms with E-state index in [4.69, 9.17) is 11.6 Å². The summed E-state index contributed by atoms with van der Waals surface area (Å²) in [5, 5.41) is 12.7. The van der Waals surface area contributed by atoms with Gasteiger partial charge in [0.15, 0.2) is 0 Å². The van der Waals surface area contributed by atoms with Crippen LogP contribution in [-0.4, -0.2) is 28.3 Å². The highest BCUT2D eigenvalue weighted by Gasteiger charge is 2.66. The van der Waals surface area contributed by atoms with Crippen LogP contribution in [0, 0.1) is 0 Å². The molecule has 1 aliphatic carbocycles. The molecule has 1 fully saturated rings. The number of nitrogens with one attached hydrogen (secondary N) is 1. The number of benzene rings is 1. The van der Waals surface area contributed by atoms with Gasteiger partial charge in [-0.15, -0.1) is 0 Å². The summed E-state index contributed by atoms with van der Waals surface area (Å²) in [6, 6.07) is 2.05. The van der Waals surface area contributed by atoms with E-state index >= 15 is 0 Å². The summed E-state index contributed by atoms with van der Waals surface area (Å²) in [5.74, 6) is 0. The molecule has 1 saturated carbocycles. The van der Waals surface area contributed by atoms with Gasteiger partial charge in [-0.2, -0.15) is 13.2 Å². The molecule has 108 valence electrons. The van der Waals surface area contributed by atoms with Crippen molar-refractivity contribution in [3.05, 3.63) is 28.8 Å². The third-order valence-electron chi connectivity index (χ3n) is 3.47. The van der Waals surface area contributed by atoms with E-state index in [1.165, 1.54) is 12.1 Å². The average Bonchev–Trinajstić information content (AvgIpc) is 3.13. The van der Waals surface area contributed by atoms with Crippen LogP contribution in [0.25, 0.3) is 0 Å². The maximum absolute atomic E-state index is 13.4. The number of carbonyl (C=O) groups is 1. The fraction of sp³-hybridized carbons (Fsp3) is 0.417. The van der Waals surface area contributed by atoms with Gasteiger partial charge in [-0.3, -0.25) is 4.90 Å². The summed E-state index contributed by atoms with van der Waals surface area (Å²) in [4.78, 5) is 12.4. The third-order valence-corrected chi connectivity index (χ3v) is 3.71. The Kier molecular flexibility index (Phi) is 2.71. The zero-order chi connectivity index (χ0) is 14.7. The van der Waals surface area contributed by atoms with E-state index in [-0.39, 0.29) is 10.7 Å². The topological polar surface area (TPSA) is 52.6 Å². The predicted molar refractivity (Wildman–Crippen MR) is 65.3 cm³/mol. The van der Waals surface area contributed by atoms with Crippen molar-refractivity contribution in [1.82, 2.24) is 4.90 Å². The van der Waals surface area contributed by atoms with E-state index in [9.17, 15) is 23.1 Å². The zero-order valence-electron chi connectivity index (χ0n) is 10.0. The molecule has 2 amide bonds. The van der Waals surface area contributed by atoms with Crippen LogP contribution in [0.4, 0.5) is 23.7 Å². The first-order chi connectivity index (χ1) is 9.25. The Balaban J connectivity index is 2.24. The molecule has 1 unspecified atom stereocenters. The maximum Gasteiger partial charge on any atom is 0.441 e. The van der Waals surface area contributed by atoms with Crippen molar-refractivity contribution in [3.8, 4) is 0 Å². The number of nitrogens with zero attached hydrogens (tertiary/aromatic N) is 1. The summed E-state index contributed by atoms with van der Waals surface area (Å²) in [6.07, 6.45) is -4.16. The number of carbonyl (C=O) groups excluding carboxylic acids is 1. The number of anilines is 1. The Morgan fingerprint density at radius 3 is 2.60 bits per heavy atom.